The first kappa shape index (κ1) is 15.4. The maximum Gasteiger partial charge on any atom is 0.225 e. The molecule has 1 N–H and O–H groups in total. The zero-order valence-corrected chi connectivity index (χ0v) is 12.7. The zero-order chi connectivity index (χ0) is 15.3. The minimum Gasteiger partial charge on any atom is -0.497 e. The summed E-state index contributed by atoms with van der Waals surface area (Å²) in [4.78, 5) is 12.2. The number of rotatable bonds is 4. The highest BCUT2D eigenvalue weighted by Gasteiger charge is 2.35. The number of carbonyl (C=O) groups excluding carboxylic acids is 1. The van der Waals surface area contributed by atoms with Crippen molar-refractivity contribution < 1.29 is 9.53 Å². The van der Waals surface area contributed by atoms with Crippen LogP contribution in [0.15, 0.2) is 24.3 Å². The molecule has 0 spiro atoms. The van der Waals surface area contributed by atoms with E-state index >= 15 is 0 Å². The van der Waals surface area contributed by atoms with Crippen LogP contribution in [0.3, 0.4) is 0 Å². The Kier molecular flexibility index (Phi) is 4.85. The second-order valence-electron chi connectivity index (χ2n) is 5.95. The molecule has 0 aliphatic heterocycles. The van der Waals surface area contributed by atoms with Crippen molar-refractivity contribution in [3.05, 3.63) is 29.8 Å². The van der Waals surface area contributed by atoms with Crippen molar-refractivity contribution in [2.45, 2.75) is 44.6 Å². The van der Waals surface area contributed by atoms with Gasteiger partial charge in [-0.05, 0) is 49.3 Å². The van der Waals surface area contributed by atoms with Crippen molar-refractivity contribution in [3.8, 4) is 11.8 Å². The minimum absolute atomic E-state index is 0.0978. The predicted molar refractivity (Wildman–Crippen MR) is 80.8 cm³/mol. The lowest BCUT2D eigenvalue weighted by Gasteiger charge is -2.34. The predicted octanol–water partition coefficient (Wildman–Crippen LogP) is 2.83. The minimum atomic E-state index is -0.678. The second-order valence-corrected chi connectivity index (χ2v) is 5.95. The maximum atomic E-state index is 12.2. The van der Waals surface area contributed by atoms with Crippen molar-refractivity contribution in [2.24, 2.45) is 5.92 Å². The Balaban J connectivity index is 1.98. The maximum absolute atomic E-state index is 12.2. The molecule has 1 fully saturated rings. The summed E-state index contributed by atoms with van der Waals surface area (Å²) in [7, 11) is 1.60. The topological polar surface area (TPSA) is 62.1 Å². The molecule has 0 aromatic heterocycles. The van der Waals surface area contributed by atoms with Gasteiger partial charge in [0.25, 0.3) is 0 Å². The Labute approximate surface area is 126 Å². The quantitative estimate of drug-likeness (QED) is 0.925. The number of benzene rings is 1. The van der Waals surface area contributed by atoms with Gasteiger partial charge in [-0.2, -0.15) is 5.26 Å². The lowest BCUT2D eigenvalue weighted by Crippen LogP contribution is -2.50. The summed E-state index contributed by atoms with van der Waals surface area (Å²) < 4.78 is 5.16. The van der Waals surface area contributed by atoms with E-state index in [1.54, 1.807) is 7.11 Å². The second kappa shape index (κ2) is 6.62. The van der Waals surface area contributed by atoms with Crippen LogP contribution < -0.4 is 10.1 Å². The molecule has 0 bridgehead atoms. The number of carbonyl (C=O) groups is 1. The standard InChI is InChI=1S/C17H22N2O2/c1-13-6-8-17(12-18,9-7-13)19-16(20)11-14-4-3-5-15(10-14)21-2/h3-5,10,13H,6-9,11H2,1-2H3,(H,19,20). The van der Waals surface area contributed by atoms with E-state index in [1.165, 1.54) is 0 Å². The zero-order valence-electron chi connectivity index (χ0n) is 12.7. The van der Waals surface area contributed by atoms with Crippen LogP contribution in [0.2, 0.25) is 0 Å². The molecule has 112 valence electrons. The molecule has 1 saturated carbocycles. The monoisotopic (exact) mass is 286 g/mol. The molecule has 21 heavy (non-hydrogen) atoms. The van der Waals surface area contributed by atoms with Gasteiger partial charge in [-0.3, -0.25) is 4.79 Å². The van der Waals surface area contributed by atoms with Crippen LogP contribution in [-0.2, 0) is 11.2 Å². The average molecular weight is 286 g/mol. The molecule has 0 radical (unpaired) electrons. The van der Waals surface area contributed by atoms with E-state index in [4.69, 9.17) is 4.74 Å². The number of amides is 1. The molecule has 1 aromatic rings. The number of nitrogens with zero attached hydrogens (tertiary/aromatic N) is 1. The van der Waals surface area contributed by atoms with E-state index in [2.05, 4.69) is 18.3 Å². The van der Waals surface area contributed by atoms with Gasteiger partial charge in [0.15, 0.2) is 0 Å². The fourth-order valence-corrected chi connectivity index (χ4v) is 2.80. The van der Waals surface area contributed by atoms with Crippen molar-refractivity contribution in [1.82, 2.24) is 5.32 Å². The Bertz CT molecular complexity index is 540. The molecule has 0 saturated heterocycles. The largest absolute Gasteiger partial charge is 0.497 e. The Morgan fingerprint density at radius 3 is 2.81 bits per heavy atom. The molecule has 0 atom stereocenters. The van der Waals surface area contributed by atoms with Gasteiger partial charge in [0.1, 0.15) is 11.3 Å². The summed E-state index contributed by atoms with van der Waals surface area (Å²) in [5, 5.41) is 12.4. The lowest BCUT2D eigenvalue weighted by atomic mass is 9.78. The van der Waals surface area contributed by atoms with Crippen molar-refractivity contribution in [3.63, 3.8) is 0 Å². The lowest BCUT2D eigenvalue weighted by molar-refractivity contribution is -0.122. The highest BCUT2D eigenvalue weighted by atomic mass is 16.5. The van der Waals surface area contributed by atoms with E-state index in [9.17, 15) is 10.1 Å². The molecular weight excluding hydrogens is 264 g/mol. The van der Waals surface area contributed by atoms with Crippen molar-refractivity contribution >= 4 is 5.91 Å². The first-order valence-electron chi connectivity index (χ1n) is 7.42. The third-order valence-electron chi connectivity index (χ3n) is 4.22. The van der Waals surface area contributed by atoms with Gasteiger partial charge in [0.05, 0.1) is 19.6 Å². The first-order valence-corrected chi connectivity index (χ1v) is 7.42. The van der Waals surface area contributed by atoms with Crippen molar-refractivity contribution in [1.29, 1.82) is 5.26 Å². The summed E-state index contributed by atoms with van der Waals surface area (Å²) in [6, 6.07) is 9.78. The summed E-state index contributed by atoms with van der Waals surface area (Å²) in [5.74, 6) is 1.28. The van der Waals surface area contributed by atoms with E-state index < -0.39 is 5.54 Å². The Morgan fingerprint density at radius 1 is 1.48 bits per heavy atom. The summed E-state index contributed by atoms with van der Waals surface area (Å²) in [6.07, 6.45) is 3.75. The fraction of sp³-hybridized carbons (Fsp3) is 0.529. The van der Waals surface area contributed by atoms with Crippen LogP contribution in [0.4, 0.5) is 0 Å². The molecule has 1 aromatic carbocycles. The van der Waals surface area contributed by atoms with Gasteiger partial charge >= 0.3 is 0 Å². The SMILES string of the molecule is COc1cccc(CC(=O)NC2(C#N)CCC(C)CC2)c1. The molecule has 1 amide bonds. The first-order chi connectivity index (χ1) is 10.1. The number of methoxy groups -OCH3 is 1. The normalized spacial score (nSPS) is 24.9. The van der Waals surface area contributed by atoms with Gasteiger partial charge < -0.3 is 10.1 Å². The van der Waals surface area contributed by atoms with E-state index in [-0.39, 0.29) is 12.3 Å². The van der Waals surface area contributed by atoms with Gasteiger partial charge in [0, 0.05) is 0 Å². The third-order valence-corrected chi connectivity index (χ3v) is 4.22. The van der Waals surface area contributed by atoms with Gasteiger partial charge in [-0.15, -0.1) is 0 Å². The average Bonchev–Trinajstić information content (AvgIpc) is 2.50. The third kappa shape index (κ3) is 3.98. The number of nitrogens with one attached hydrogen (secondary N) is 1. The molecular formula is C17H22N2O2. The smallest absolute Gasteiger partial charge is 0.225 e. The number of nitriles is 1. The molecule has 0 unspecified atom stereocenters. The number of ether oxygens (including phenoxy) is 1. The van der Waals surface area contributed by atoms with Crippen LogP contribution >= 0.6 is 0 Å². The Morgan fingerprint density at radius 2 is 2.19 bits per heavy atom. The van der Waals surface area contributed by atoms with Crippen LogP contribution in [0.25, 0.3) is 0 Å². The van der Waals surface area contributed by atoms with Gasteiger partial charge in [0.2, 0.25) is 5.91 Å². The number of hydrogen-bond acceptors (Lipinski definition) is 3. The summed E-state index contributed by atoms with van der Waals surface area (Å²) in [6.45, 7) is 2.19. The Hall–Kier alpha value is -2.02. The molecule has 1 aliphatic carbocycles. The number of hydrogen-bond donors (Lipinski definition) is 1. The summed E-state index contributed by atoms with van der Waals surface area (Å²) in [5.41, 5.74) is 0.215. The summed E-state index contributed by atoms with van der Waals surface area (Å²) >= 11 is 0. The molecule has 4 heteroatoms. The van der Waals surface area contributed by atoms with Crippen LogP contribution in [0.5, 0.6) is 5.75 Å². The molecule has 4 nitrogen and oxygen atoms in total. The van der Waals surface area contributed by atoms with Crippen LogP contribution in [0, 0.1) is 17.2 Å². The van der Waals surface area contributed by atoms with Crippen LogP contribution in [-0.4, -0.2) is 18.6 Å². The molecule has 2 rings (SSSR count). The van der Waals surface area contributed by atoms with E-state index in [0.29, 0.717) is 5.92 Å². The molecule has 0 heterocycles. The van der Waals surface area contributed by atoms with Gasteiger partial charge in [-0.1, -0.05) is 19.1 Å². The van der Waals surface area contributed by atoms with Crippen molar-refractivity contribution in [2.75, 3.05) is 7.11 Å². The fourth-order valence-electron chi connectivity index (χ4n) is 2.80. The highest BCUT2D eigenvalue weighted by Crippen LogP contribution is 2.31. The van der Waals surface area contributed by atoms with E-state index in [0.717, 1.165) is 37.0 Å². The highest BCUT2D eigenvalue weighted by molar-refractivity contribution is 5.80. The van der Waals surface area contributed by atoms with Crippen LogP contribution in [0.1, 0.15) is 38.2 Å². The van der Waals surface area contributed by atoms with E-state index in [1.807, 2.05) is 24.3 Å². The van der Waals surface area contributed by atoms with Gasteiger partial charge in [-0.25, -0.2) is 0 Å². The molecule has 1 aliphatic rings.